The lowest BCUT2D eigenvalue weighted by atomic mass is 9.98. The van der Waals surface area contributed by atoms with E-state index in [4.69, 9.17) is 14.6 Å². The van der Waals surface area contributed by atoms with Crippen molar-refractivity contribution in [2.45, 2.75) is 30.7 Å². The summed E-state index contributed by atoms with van der Waals surface area (Å²) in [5, 5.41) is 7.43. The largest absolute Gasteiger partial charge is 0.497 e. The first-order chi connectivity index (χ1) is 19.8. The molecule has 41 heavy (non-hydrogen) atoms. The zero-order valence-corrected chi connectivity index (χ0v) is 24.0. The summed E-state index contributed by atoms with van der Waals surface area (Å²) in [5.74, 6) is 1.01. The number of hydrogen-bond donors (Lipinski definition) is 0. The maximum absolute atomic E-state index is 13.9. The number of aromatic nitrogens is 1. The van der Waals surface area contributed by atoms with E-state index in [2.05, 4.69) is 4.98 Å². The molecule has 0 fully saturated rings. The first-order valence-electron chi connectivity index (χ1n) is 13.4. The SMILES string of the molecule is CCCN(CC(=O)N1N=C(c2ccc(OC)cc2)CC1c1ccc(OC)cc1)S(=O)(=O)c1cccc2cnccc12. The summed E-state index contributed by atoms with van der Waals surface area (Å²) in [4.78, 5) is 18.2. The summed E-state index contributed by atoms with van der Waals surface area (Å²) in [5.41, 5.74) is 2.47. The highest BCUT2D eigenvalue weighted by molar-refractivity contribution is 7.89. The van der Waals surface area contributed by atoms with Gasteiger partial charge in [0.15, 0.2) is 0 Å². The Kier molecular flexibility index (Phi) is 8.32. The third kappa shape index (κ3) is 5.79. The van der Waals surface area contributed by atoms with Gasteiger partial charge in [-0.15, -0.1) is 0 Å². The van der Waals surface area contributed by atoms with Crippen LogP contribution in [0.15, 0.2) is 95.2 Å². The van der Waals surface area contributed by atoms with Gasteiger partial charge in [-0.05, 0) is 66.1 Å². The lowest BCUT2D eigenvalue weighted by Gasteiger charge is -2.27. The first kappa shape index (κ1) is 28.3. The highest BCUT2D eigenvalue weighted by Crippen LogP contribution is 2.34. The number of nitrogens with zero attached hydrogens (tertiary/aromatic N) is 4. The standard InChI is InChI=1S/C31H32N4O5S/c1-4-18-34(41(37,38)30-7-5-6-24-20-32-17-16-27(24)30)21-31(36)35-29(23-10-14-26(40-3)15-11-23)19-28(33-35)22-8-12-25(39-2)13-9-22/h5-17,20,29H,4,18-19,21H2,1-3H3. The van der Waals surface area contributed by atoms with Gasteiger partial charge < -0.3 is 9.47 Å². The van der Waals surface area contributed by atoms with E-state index in [1.165, 1.54) is 9.31 Å². The monoisotopic (exact) mass is 572 g/mol. The Labute approximate surface area is 240 Å². The van der Waals surface area contributed by atoms with Crippen molar-refractivity contribution in [3.05, 3.63) is 96.3 Å². The van der Waals surface area contributed by atoms with Crippen LogP contribution in [-0.4, -0.2) is 61.6 Å². The van der Waals surface area contributed by atoms with Crippen LogP contribution >= 0.6 is 0 Å². The predicted octanol–water partition coefficient (Wildman–Crippen LogP) is 5.03. The molecule has 212 valence electrons. The second-order valence-corrected chi connectivity index (χ2v) is 11.6. The Balaban J connectivity index is 1.49. The second-order valence-electron chi connectivity index (χ2n) is 9.70. The van der Waals surface area contributed by atoms with Gasteiger partial charge in [0.1, 0.15) is 11.5 Å². The van der Waals surface area contributed by atoms with Crippen LogP contribution in [-0.2, 0) is 14.8 Å². The van der Waals surface area contributed by atoms with Gasteiger partial charge >= 0.3 is 0 Å². The lowest BCUT2D eigenvalue weighted by molar-refractivity contribution is -0.133. The molecule has 5 rings (SSSR count). The van der Waals surface area contributed by atoms with Gasteiger partial charge in [-0.3, -0.25) is 9.78 Å². The fraction of sp³-hybridized carbons (Fsp3) is 0.258. The van der Waals surface area contributed by atoms with E-state index in [-0.39, 0.29) is 18.0 Å². The molecule has 0 spiro atoms. The van der Waals surface area contributed by atoms with Gasteiger partial charge in [-0.25, -0.2) is 13.4 Å². The highest BCUT2D eigenvalue weighted by atomic mass is 32.2. The minimum Gasteiger partial charge on any atom is -0.497 e. The number of methoxy groups -OCH3 is 2. The van der Waals surface area contributed by atoms with E-state index in [0.717, 1.165) is 22.6 Å². The van der Waals surface area contributed by atoms with Crippen molar-refractivity contribution in [2.24, 2.45) is 5.10 Å². The Morgan fingerprint density at radius 2 is 1.66 bits per heavy atom. The zero-order valence-electron chi connectivity index (χ0n) is 23.2. The average Bonchev–Trinajstić information content (AvgIpc) is 3.46. The van der Waals surface area contributed by atoms with Crippen LogP contribution in [0, 0.1) is 0 Å². The molecule has 1 amide bonds. The summed E-state index contributed by atoms with van der Waals surface area (Å²) in [6, 6.07) is 21.3. The molecule has 0 aliphatic carbocycles. The van der Waals surface area contributed by atoms with Gasteiger partial charge in [-0.1, -0.05) is 31.2 Å². The van der Waals surface area contributed by atoms with E-state index in [9.17, 15) is 13.2 Å². The molecule has 1 atom stereocenters. The van der Waals surface area contributed by atoms with Crippen molar-refractivity contribution in [3.8, 4) is 11.5 Å². The molecule has 1 unspecified atom stereocenters. The first-order valence-corrected chi connectivity index (χ1v) is 14.8. The second kappa shape index (κ2) is 12.1. The van der Waals surface area contributed by atoms with Gasteiger partial charge in [-0.2, -0.15) is 9.41 Å². The molecule has 0 saturated heterocycles. The molecule has 2 heterocycles. The fourth-order valence-electron chi connectivity index (χ4n) is 5.00. The van der Waals surface area contributed by atoms with Crippen LogP contribution in [0.4, 0.5) is 0 Å². The van der Waals surface area contributed by atoms with E-state index < -0.39 is 22.0 Å². The van der Waals surface area contributed by atoms with Crippen LogP contribution in [0.3, 0.4) is 0 Å². The fourth-order valence-corrected chi connectivity index (χ4v) is 6.69. The zero-order chi connectivity index (χ0) is 29.0. The minimum atomic E-state index is -4.00. The Morgan fingerprint density at radius 1 is 0.976 bits per heavy atom. The van der Waals surface area contributed by atoms with E-state index in [1.807, 2.05) is 61.5 Å². The number of carbonyl (C=O) groups is 1. The molecular weight excluding hydrogens is 540 g/mol. The molecule has 4 aromatic rings. The van der Waals surface area contributed by atoms with E-state index in [1.54, 1.807) is 44.8 Å². The van der Waals surface area contributed by atoms with Crippen LogP contribution in [0.25, 0.3) is 10.8 Å². The summed E-state index contributed by atoms with van der Waals surface area (Å²) in [7, 11) is -0.797. The van der Waals surface area contributed by atoms with Crippen LogP contribution < -0.4 is 9.47 Å². The summed E-state index contributed by atoms with van der Waals surface area (Å²) < 4.78 is 39.7. The van der Waals surface area contributed by atoms with Crippen molar-refractivity contribution in [1.29, 1.82) is 0 Å². The van der Waals surface area contributed by atoms with Gasteiger partial charge in [0.05, 0.1) is 37.4 Å². The third-order valence-electron chi connectivity index (χ3n) is 7.13. The van der Waals surface area contributed by atoms with Gasteiger partial charge in [0, 0.05) is 36.1 Å². The van der Waals surface area contributed by atoms with Crippen molar-refractivity contribution >= 4 is 32.4 Å². The number of sulfonamides is 1. The number of ether oxygens (including phenoxy) is 2. The number of pyridine rings is 1. The smallest absolute Gasteiger partial charge is 0.258 e. The number of hydrogen-bond acceptors (Lipinski definition) is 7. The molecule has 0 N–H and O–H groups in total. The molecule has 9 nitrogen and oxygen atoms in total. The van der Waals surface area contributed by atoms with Crippen LogP contribution in [0.1, 0.15) is 36.9 Å². The van der Waals surface area contributed by atoms with Gasteiger partial charge in [0.2, 0.25) is 10.0 Å². The maximum Gasteiger partial charge on any atom is 0.258 e. The molecule has 0 bridgehead atoms. The Morgan fingerprint density at radius 3 is 2.32 bits per heavy atom. The molecular formula is C31H32N4O5S. The van der Waals surface area contributed by atoms with E-state index >= 15 is 0 Å². The van der Waals surface area contributed by atoms with Crippen molar-refractivity contribution < 1.29 is 22.7 Å². The summed E-state index contributed by atoms with van der Waals surface area (Å²) >= 11 is 0. The molecule has 1 aliphatic rings. The molecule has 1 aliphatic heterocycles. The lowest BCUT2D eigenvalue weighted by Crippen LogP contribution is -2.41. The highest BCUT2D eigenvalue weighted by Gasteiger charge is 2.36. The summed E-state index contributed by atoms with van der Waals surface area (Å²) in [6.07, 6.45) is 4.21. The quantitative estimate of drug-likeness (QED) is 0.264. The molecule has 0 radical (unpaired) electrons. The minimum absolute atomic E-state index is 0.147. The third-order valence-corrected chi connectivity index (χ3v) is 9.04. The summed E-state index contributed by atoms with van der Waals surface area (Å²) in [6.45, 7) is 1.73. The number of fused-ring (bicyclic) bond motifs is 1. The Hall–Kier alpha value is -4.28. The van der Waals surface area contributed by atoms with Crippen molar-refractivity contribution in [1.82, 2.24) is 14.3 Å². The molecule has 0 saturated carbocycles. The number of carbonyl (C=O) groups excluding carboxylic acids is 1. The van der Waals surface area contributed by atoms with Crippen molar-refractivity contribution in [3.63, 3.8) is 0 Å². The van der Waals surface area contributed by atoms with E-state index in [0.29, 0.717) is 29.4 Å². The molecule has 1 aromatic heterocycles. The Bertz CT molecular complexity index is 1670. The molecule has 10 heteroatoms. The van der Waals surface area contributed by atoms with Gasteiger partial charge in [0.25, 0.3) is 5.91 Å². The average molecular weight is 573 g/mol. The number of benzene rings is 3. The normalized spacial score (nSPS) is 15.3. The number of rotatable bonds is 10. The number of hydrazone groups is 1. The number of amides is 1. The van der Waals surface area contributed by atoms with Crippen LogP contribution in [0.5, 0.6) is 11.5 Å². The van der Waals surface area contributed by atoms with Crippen LogP contribution in [0.2, 0.25) is 0 Å². The predicted molar refractivity (Wildman–Crippen MR) is 158 cm³/mol. The maximum atomic E-state index is 13.9. The molecule has 3 aromatic carbocycles. The van der Waals surface area contributed by atoms with Crippen molar-refractivity contribution in [2.75, 3.05) is 27.3 Å². The topological polar surface area (TPSA) is 101 Å².